The summed E-state index contributed by atoms with van der Waals surface area (Å²) in [5.41, 5.74) is 4.02. The van der Waals surface area contributed by atoms with Crippen molar-refractivity contribution in [2.45, 2.75) is 31.8 Å². The van der Waals surface area contributed by atoms with Crippen LogP contribution >= 0.6 is 34.4 Å². The number of nitrogens with one attached hydrogen (secondary N) is 1. The van der Waals surface area contributed by atoms with Gasteiger partial charge in [0.15, 0.2) is 0 Å². The summed E-state index contributed by atoms with van der Waals surface area (Å²) in [7, 11) is 0. The van der Waals surface area contributed by atoms with Crippen molar-refractivity contribution in [1.29, 1.82) is 0 Å². The highest BCUT2D eigenvalue weighted by Gasteiger charge is 2.44. The van der Waals surface area contributed by atoms with Gasteiger partial charge in [-0.2, -0.15) is 4.57 Å². The van der Waals surface area contributed by atoms with Crippen molar-refractivity contribution < 1.29 is 28.5 Å². The maximum Gasteiger partial charge on any atom is 0.280 e. The van der Waals surface area contributed by atoms with Gasteiger partial charge in [0, 0.05) is 22.7 Å². The minimum absolute atomic E-state index is 0. The second-order valence-corrected chi connectivity index (χ2v) is 11.1. The van der Waals surface area contributed by atoms with Gasteiger partial charge in [-0.3, -0.25) is 0 Å². The molecule has 0 aliphatic carbocycles. The number of hydrogen-bond donors (Lipinski definition) is 1. The Bertz CT molecular complexity index is 1290. The minimum atomic E-state index is 0. The first kappa shape index (κ1) is 22.3. The average molecular weight is 590 g/mol. The number of halogens is 1. The number of anilines is 1. The molecular formula is C25H24IN3S3. The highest BCUT2D eigenvalue weighted by molar-refractivity contribution is 8.04. The number of para-hydroxylation sites is 1. The van der Waals surface area contributed by atoms with Gasteiger partial charge in [-0.05, 0) is 31.5 Å². The molecule has 4 heterocycles. The number of hydrogen-bond acceptors (Lipinski definition) is 5. The Morgan fingerprint density at radius 2 is 1.81 bits per heavy atom. The number of thioether (sulfide) groups is 1. The lowest BCUT2D eigenvalue weighted by molar-refractivity contribution is -0.663. The summed E-state index contributed by atoms with van der Waals surface area (Å²) in [6.07, 6.45) is 2.42. The zero-order valence-electron chi connectivity index (χ0n) is 17.9. The molecule has 7 heteroatoms. The summed E-state index contributed by atoms with van der Waals surface area (Å²) < 4.78 is 3.86. The molecule has 6 rings (SSSR count). The number of fused-ring (bicyclic) bond motifs is 4. The molecular weight excluding hydrogens is 565 g/mol. The van der Waals surface area contributed by atoms with E-state index in [1.807, 2.05) is 34.4 Å². The highest BCUT2D eigenvalue weighted by Crippen LogP contribution is 2.53. The minimum Gasteiger partial charge on any atom is -1.00 e. The lowest BCUT2D eigenvalue weighted by Crippen LogP contribution is -3.00. The van der Waals surface area contributed by atoms with E-state index in [1.165, 1.54) is 41.3 Å². The molecule has 0 amide bonds. The number of aryl methyl sites for hydroxylation is 1. The Labute approximate surface area is 218 Å². The van der Waals surface area contributed by atoms with Gasteiger partial charge in [-0.1, -0.05) is 83.0 Å². The van der Waals surface area contributed by atoms with E-state index < -0.39 is 0 Å². The van der Waals surface area contributed by atoms with Crippen LogP contribution in [0.2, 0.25) is 0 Å². The molecule has 164 valence electrons. The molecule has 2 aromatic carbocycles. The first-order valence-corrected chi connectivity index (χ1v) is 13.3. The van der Waals surface area contributed by atoms with E-state index in [9.17, 15) is 0 Å². The van der Waals surface area contributed by atoms with Crippen LogP contribution in [-0.4, -0.2) is 16.8 Å². The number of nitrogens with zero attached hydrogens (tertiary/aromatic N) is 2. The fourth-order valence-electron chi connectivity index (χ4n) is 4.66. The second kappa shape index (κ2) is 9.00. The molecule has 1 N–H and O–H groups in total. The van der Waals surface area contributed by atoms with E-state index in [2.05, 4.69) is 95.4 Å². The van der Waals surface area contributed by atoms with Crippen LogP contribution in [-0.2, 0) is 6.54 Å². The van der Waals surface area contributed by atoms with Crippen molar-refractivity contribution >= 4 is 55.7 Å². The van der Waals surface area contributed by atoms with Crippen LogP contribution in [0.4, 0.5) is 5.69 Å². The quantitative estimate of drug-likeness (QED) is 0.289. The third-order valence-corrected chi connectivity index (χ3v) is 9.74. The summed E-state index contributed by atoms with van der Waals surface area (Å²) in [6, 6.07) is 22.3. The maximum absolute atomic E-state index is 3.73. The van der Waals surface area contributed by atoms with Gasteiger partial charge in [-0.15, -0.1) is 0 Å². The van der Waals surface area contributed by atoms with E-state index in [0.29, 0.717) is 11.4 Å². The molecule has 2 aliphatic heterocycles. The molecule has 2 unspecified atom stereocenters. The molecule has 32 heavy (non-hydrogen) atoms. The van der Waals surface area contributed by atoms with Gasteiger partial charge < -0.3 is 34.2 Å². The van der Waals surface area contributed by atoms with E-state index in [1.54, 1.807) is 0 Å². The van der Waals surface area contributed by atoms with Crippen LogP contribution in [0.25, 0.3) is 26.0 Å². The highest BCUT2D eigenvalue weighted by atomic mass is 127. The van der Waals surface area contributed by atoms with Crippen LogP contribution in [0.3, 0.4) is 0 Å². The fraction of sp³-hybridized carbons (Fsp3) is 0.240. The first-order chi connectivity index (χ1) is 15.3. The summed E-state index contributed by atoms with van der Waals surface area (Å²) in [4.78, 5) is 5.30. The molecule has 2 atom stereocenters. The van der Waals surface area contributed by atoms with E-state index >= 15 is 0 Å². The zero-order chi connectivity index (χ0) is 20.9. The molecule has 4 aromatic rings. The van der Waals surface area contributed by atoms with E-state index in [0.717, 1.165) is 13.1 Å². The van der Waals surface area contributed by atoms with Crippen molar-refractivity contribution in [3.05, 3.63) is 76.3 Å². The van der Waals surface area contributed by atoms with Crippen molar-refractivity contribution in [3.63, 3.8) is 0 Å². The second-order valence-electron chi connectivity index (χ2n) is 7.81. The molecule has 1 fully saturated rings. The van der Waals surface area contributed by atoms with Crippen molar-refractivity contribution in [1.82, 2.24) is 4.90 Å². The summed E-state index contributed by atoms with van der Waals surface area (Å²) in [6.45, 7) is 6.52. The normalized spacial score (nSPS) is 20.3. The SMILES string of the molecule is CCN1C(=Cc2sc3cc(-c4ccccc4)sc3[n+]2CC)SC2Nc3ccccc3C21.[I-]. The molecule has 0 spiro atoms. The van der Waals surface area contributed by atoms with Gasteiger partial charge in [-0.25, -0.2) is 0 Å². The molecule has 2 aromatic heterocycles. The lowest BCUT2D eigenvalue weighted by Gasteiger charge is -2.24. The zero-order valence-corrected chi connectivity index (χ0v) is 22.5. The Morgan fingerprint density at radius 1 is 1.03 bits per heavy atom. The predicted octanol–water partition coefficient (Wildman–Crippen LogP) is 3.80. The monoisotopic (exact) mass is 589 g/mol. The third-order valence-electron chi connectivity index (χ3n) is 6.10. The number of thiazole rings is 1. The molecule has 1 saturated heterocycles. The summed E-state index contributed by atoms with van der Waals surface area (Å²) >= 11 is 5.79. The van der Waals surface area contributed by atoms with E-state index in [-0.39, 0.29) is 24.0 Å². The first-order valence-electron chi connectivity index (χ1n) is 10.8. The lowest BCUT2D eigenvalue weighted by atomic mass is 10.1. The predicted molar refractivity (Wildman–Crippen MR) is 136 cm³/mol. The van der Waals surface area contributed by atoms with Crippen LogP contribution in [0, 0.1) is 0 Å². The van der Waals surface area contributed by atoms with Gasteiger partial charge >= 0.3 is 0 Å². The standard InChI is InChI=1S/C25H24N3S3.HI/c1-3-27-21(31-24-23(27)17-12-8-9-13-18(17)26-24)15-22-28(4-2)25-20(29-22)14-19(30-25)16-10-6-5-7-11-16;/h5-15,23-24,26H,3-4H2,1-2H3;1H/q+1;/p-1. The van der Waals surface area contributed by atoms with Crippen LogP contribution in [0.15, 0.2) is 65.7 Å². The van der Waals surface area contributed by atoms with Crippen LogP contribution in [0.5, 0.6) is 0 Å². The van der Waals surface area contributed by atoms with Crippen molar-refractivity contribution in [2.24, 2.45) is 0 Å². The number of aromatic nitrogens is 1. The molecule has 0 radical (unpaired) electrons. The summed E-state index contributed by atoms with van der Waals surface area (Å²) in [5, 5.41) is 6.84. The van der Waals surface area contributed by atoms with Crippen molar-refractivity contribution in [3.8, 4) is 10.4 Å². The van der Waals surface area contributed by atoms with Crippen molar-refractivity contribution in [2.75, 3.05) is 11.9 Å². The van der Waals surface area contributed by atoms with E-state index in [4.69, 9.17) is 0 Å². The maximum atomic E-state index is 3.73. The van der Waals surface area contributed by atoms with Crippen LogP contribution in [0.1, 0.15) is 30.5 Å². The van der Waals surface area contributed by atoms with Gasteiger partial charge in [0.25, 0.3) is 9.84 Å². The molecule has 3 nitrogen and oxygen atoms in total. The fourth-order valence-corrected chi connectivity index (χ4v) is 8.78. The number of rotatable bonds is 4. The van der Waals surface area contributed by atoms with Gasteiger partial charge in [0.1, 0.15) is 16.6 Å². The van der Waals surface area contributed by atoms with Gasteiger partial charge in [0.2, 0.25) is 0 Å². The molecule has 2 aliphatic rings. The Balaban J connectivity index is 0.00000216. The third kappa shape index (κ3) is 3.57. The van der Waals surface area contributed by atoms with Gasteiger partial charge in [0.05, 0.1) is 17.1 Å². The topological polar surface area (TPSA) is 19.1 Å². The Hall–Kier alpha value is -1.55. The summed E-state index contributed by atoms with van der Waals surface area (Å²) in [5.74, 6) is 0. The number of benzene rings is 2. The smallest absolute Gasteiger partial charge is 0.280 e. The average Bonchev–Trinajstić information content (AvgIpc) is 3.52. The largest absolute Gasteiger partial charge is 1.00 e. The van der Waals surface area contributed by atoms with Crippen LogP contribution < -0.4 is 33.9 Å². The number of thiophene rings is 1. The number of likely N-dealkylation sites (N-methyl/N-ethyl adjacent to an activating group) is 1. The Kier molecular flexibility index (Phi) is 6.26. The molecule has 0 bridgehead atoms. The molecule has 0 saturated carbocycles. The Morgan fingerprint density at radius 3 is 2.59 bits per heavy atom.